The van der Waals surface area contributed by atoms with Crippen molar-refractivity contribution in [3.63, 3.8) is 0 Å². The van der Waals surface area contributed by atoms with Crippen molar-refractivity contribution in [2.24, 2.45) is 44.6 Å². The summed E-state index contributed by atoms with van der Waals surface area (Å²) in [5.74, 6) is -3.54. The molecule has 0 spiro atoms. The molecule has 2 aromatic rings. The summed E-state index contributed by atoms with van der Waals surface area (Å²) < 4.78 is 0. The third-order valence-corrected chi connectivity index (χ3v) is 7.43. The number of carbonyl (C=O) groups is 4. The Morgan fingerprint density at radius 2 is 1.36 bits per heavy atom. The number of carbonyl (C=O) groups excluding carboxylic acids is 3. The first-order valence-corrected chi connectivity index (χ1v) is 14.9. The van der Waals surface area contributed by atoms with E-state index in [1.165, 1.54) is 0 Å². The number of benzene rings is 1. The number of nitrogens with zero attached hydrogens (tertiary/aromatic N) is 2. The molecular weight excluding hydrogens is 582 g/mol. The van der Waals surface area contributed by atoms with E-state index >= 15 is 0 Å². The van der Waals surface area contributed by atoms with E-state index in [-0.39, 0.29) is 56.6 Å². The first-order valence-electron chi connectivity index (χ1n) is 14.9. The van der Waals surface area contributed by atoms with Crippen LogP contribution >= 0.6 is 0 Å². The first-order chi connectivity index (χ1) is 21.3. The lowest BCUT2D eigenvalue weighted by Gasteiger charge is -2.26. The topological polar surface area (TPSA) is 295 Å². The van der Waals surface area contributed by atoms with E-state index in [4.69, 9.17) is 28.7 Å². The average Bonchev–Trinajstić information content (AvgIpc) is 3.40. The monoisotopic (exact) mass is 629 g/mol. The molecule has 0 fully saturated rings. The van der Waals surface area contributed by atoms with Crippen LogP contribution in [0.25, 0.3) is 10.9 Å². The van der Waals surface area contributed by atoms with Crippen LogP contribution in [0.3, 0.4) is 0 Å². The number of para-hydroxylation sites is 1. The molecule has 0 saturated carbocycles. The molecule has 5 atom stereocenters. The summed E-state index contributed by atoms with van der Waals surface area (Å²) in [6.45, 7) is 4.09. The molecule has 0 aliphatic heterocycles. The van der Waals surface area contributed by atoms with Crippen LogP contribution in [0.2, 0.25) is 0 Å². The van der Waals surface area contributed by atoms with Crippen molar-refractivity contribution in [2.75, 3.05) is 13.1 Å². The number of aromatic nitrogens is 1. The molecule has 0 aliphatic rings. The van der Waals surface area contributed by atoms with Gasteiger partial charge in [0.15, 0.2) is 11.9 Å². The van der Waals surface area contributed by atoms with E-state index in [1.54, 1.807) is 6.20 Å². The van der Waals surface area contributed by atoms with Gasteiger partial charge in [-0.2, -0.15) is 0 Å². The van der Waals surface area contributed by atoms with Crippen molar-refractivity contribution in [1.82, 2.24) is 20.9 Å². The largest absolute Gasteiger partial charge is 0.480 e. The number of guanidine groups is 2. The summed E-state index contributed by atoms with van der Waals surface area (Å²) in [7, 11) is 0. The SMILES string of the molecule is CCC(C)C(N)C(=O)NC(CCCN=C(N)N)C(=O)NC(CCCN=C(N)N)C(=O)NC(Cc1c[nH]c2ccccc12)C(=O)O. The second kappa shape index (κ2) is 18.1. The third kappa shape index (κ3) is 12.0. The highest BCUT2D eigenvalue weighted by molar-refractivity contribution is 5.94. The third-order valence-electron chi connectivity index (χ3n) is 7.43. The molecule has 248 valence electrons. The predicted molar refractivity (Wildman–Crippen MR) is 173 cm³/mol. The fourth-order valence-electron chi connectivity index (χ4n) is 4.59. The van der Waals surface area contributed by atoms with Crippen LogP contribution in [-0.2, 0) is 25.6 Å². The highest BCUT2D eigenvalue weighted by Crippen LogP contribution is 2.19. The van der Waals surface area contributed by atoms with Crippen molar-refractivity contribution in [2.45, 2.75) is 76.5 Å². The Morgan fingerprint density at radius 3 is 1.87 bits per heavy atom. The van der Waals surface area contributed by atoms with Gasteiger partial charge in [0.2, 0.25) is 17.7 Å². The second-order valence-electron chi connectivity index (χ2n) is 10.9. The fourth-order valence-corrected chi connectivity index (χ4v) is 4.59. The molecule has 16 nitrogen and oxygen atoms in total. The van der Waals surface area contributed by atoms with Crippen LogP contribution in [0.5, 0.6) is 0 Å². The number of carboxylic acids is 1. The zero-order chi connectivity index (χ0) is 33.5. The van der Waals surface area contributed by atoms with Gasteiger partial charge in [-0.05, 0) is 43.2 Å². The molecule has 1 aromatic carbocycles. The first kappa shape index (κ1) is 36.3. The number of nitrogens with one attached hydrogen (secondary N) is 4. The Kier molecular flexibility index (Phi) is 14.6. The van der Waals surface area contributed by atoms with Crippen LogP contribution in [-0.4, -0.2) is 83.0 Å². The maximum absolute atomic E-state index is 13.5. The van der Waals surface area contributed by atoms with Gasteiger partial charge in [0, 0.05) is 36.6 Å². The van der Waals surface area contributed by atoms with Crippen molar-refractivity contribution >= 4 is 46.5 Å². The molecule has 0 bridgehead atoms. The smallest absolute Gasteiger partial charge is 0.326 e. The van der Waals surface area contributed by atoms with E-state index in [0.29, 0.717) is 18.4 Å². The maximum atomic E-state index is 13.5. The second-order valence-corrected chi connectivity index (χ2v) is 10.9. The number of amides is 3. The van der Waals surface area contributed by atoms with Gasteiger partial charge in [-0.25, -0.2) is 4.79 Å². The number of rotatable bonds is 19. The zero-order valence-electron chi connectivity index (χ0n) is 25.8. The highest BCUT2D eigenvalue weighted by Gasteiger charge is 2.31. The van der Waals surface area contributed by atoms with Gasteiger partial charge < -0.3 is 54.7 Å². The normalized spacial score (nSPS) is 14.3. The summed E-state index contributed by atoms with van der Waals surface area (Å²) in [4.78, 5) is 63.0. The summed E-state index contributed by atoms with van der Waals surface area (Å²) in [6, 6.07) is 3.00. The Morgan fingerprint density at radius 1 is 0.844 bits per heavy atom. The minimum Gasteiger partial charge on any atom is -0.480 e. The van der Waals surface area contributed by atoms with Gasteiger partial charge in [-0.1, -0.05) is 38.5 Å². The summed E-state index contributed by atoms with van der Waals surface area (Å²) in [5, 5.41) is 18.7. The molecule has 16 heteroatoms. The molecule has 1 heterocycles. The lowest BCUT2D eigenvalue weighted by molar-refractivity contribution is -0.142. The van der Waals surface area contributed by atoms with E-state index in [2.05, 4.69) is 30.9 Å². The molecule has 15 N–H and O–H groups in total. The van der Waals surface area contributed by atoms with E-state index in [0.717, 1.165) is 10.9 Å². The van der Waals surface area contributed by atoms with Crippen LogP contribution in [0.15, 0.2) is 40.4 Å². The number of hydrogen-bond acceptors (Lipinski definition) is 7. The van der Waals surface area contributed by atoms with Gasteiger partial charge in [-0.3, -0.25) is 24.4 Å². The Labute approximate surface area is 262 Å². The molecule has 5 unspecified atom stereocenters. The number of aliphatic imine (C=N–C) groups is 2. The number of carboxylic acid groups (broad SMARTS) is 1. The number of nitrogens with two attached hydrogens (primary N) is 5. The van der Waals surface area contributed by atoms with Gasteiger partial charge in [0.1, 0.15) is 18.1 Å². The maximum Gasteiger partial charge on any atom is 0.326 e. The number of aromatic amines is 1. The number of hydrogen-bond donors (Lipinski definition) is 10. The summed E-state index contributed by atoms with van der Waals surface area (Å²) >= 11 is 0. The Hall–Kier alpha value is -4.86. The predicted octanol–water partition coefficient (Wildman–Crippen LogP) is -1.27. The molecule has 0 saturated heterocycles. The standard InChI is InChI=1S/C29H47N11O5/c1-3-16(2)23(30)26(43)39-21(11-7-13-36-29(33)34)24(41)38-20(10-6-12-35-28(31)32)25(42)40-22(27(44)45)14-17-15-37-19-9-5-4-8-18(17)19/h4-5,8-9,15-16,20-23,37H,3,6-7,10-14,30H2,1-2H3,(H,38,41)(H,39,43)(H,40,42)(H,44,45)(H4,31,32,35)(H4,33,34,36). The minimum atomic E-state index is -1.29. The minimum absolute atomic E-state index is 0.00325. The average molecular weight is 630 g/mol. The lowest BCUT2D eigenvalue weighted by Crippen LogP contribution is -2.57. The van der Waals surface area contributed by atoms with Crippen LogP contribution < -0.4 is 44.6 Å². The van der Waals surface area contributed by atoms with Gasteiger partial charge in [0.25, 0.3) is 0 Å². The van der Waals surface area contributed by atoms with Gasteiger partial charge >= 0.3 is 5.97 Å². The van der Waals surface area contributed by atoms with Gasteiger partial charge in [0.05, 0.1) is 6.04 Å². The fraction of sp³-hybridized carbons (Fsp3) is 0.517. The molecular formula is C29H47N11O5. The molecule has 0 radical (unpaired) electrons. The molecule has 2 rings (SSSR count). The van der Waals surface area contributed by atoms with Crippen molar-refractivity contribution in [3.05, 3.63) is 36.0 Å². The van der Waals surface area contributed by atoms with E-state index in [9.17, 15) is 24.3 Å². The molecule has 45 heavy (non-hydrogen) atoms. The van der Waals surface area contributed by atoms with Crippen molar-refractivity contribution in [3.8, 4) is 0 Å². The quantitative estimate of drug-likeness (QED) is 0.0499. The molecule has 1 aromatic heterocycles. The molecule has 3 amide bonds. The summed E-state index contributed by atoms with van der Waals surface area (Å²) in [6.07, 6.45) is 3.19. The lowest BCUT2D eigenvalue weighted by atomic mass is 9.98. The summed E-state index contributed by atoms with van der Waals surface area (Å²) in [5.41, 5.74) is 29.2. The van der Waals surface area contributed by atoms with E-state index < -0.39 is 47.9 Å². The Bertz CT molecular complexity index is 1350. The zero-order valence-corrected chi connectivity index (χ0v) is 25.8. The van der Waals surface area contributed by atoms with Gasteiger partial charge in [-0.15, -0.1) is 0 Å². The number of fused-ring (bicyclic) bond motifs is 1. The highest BCUT2D eigenvalue weighted by atomic mass is 16.4. The van der Waals surface area contributed by atoms with Crippen LogP contribution in [0.1, 0.15) is 51.5 Å². The van der Waals surface area contributed by atoms with Crippen LogP contribution in [0.4, 0.5) is 0 Å². The number of aliphatic carboxylic acids is 1. The van der Waals surface area contributed by atoms with E-state index in [1.807, 2.05) is 38.1 Å². The molecule has 0 aliphatic carbocycles. The van der Waals surface area contributed by atoms with Crippen molar-refractivity contribution in [1.29, 1.82) is 0 Å². The Balaban J connectivity index is 2.26. The van der Waals surface area contributed by atoms with Crippen LogP contribution in [0, 0.1) is 5.92 Å². The number of H-pyrrole nitrogens is 1. The van der Waals surface area contributed by atoms with Crippen molar-refractivity contribution < 1.29 is 24.3 Å².